The molecule has 0 aromatic carbocycles. The number of unbranched alkanes of at least 4 members (excludes halogenated alkanes) is 4. The summed E-state index contributed by atoms with van der Waals surface area (Å²) in [7, 11) is 0. The van der Waals surface area contributed by atoms with E-state index in [4.69, 9.17) is 0 Å². The zero-order chi connectivity index (χ0) is 13.0. The van der Waals surface area contributed by atoms with E-state index in [0.717, 1.165) is 0 Å². The molecule has 0 spiro atoms. The van der Waals surface area contributed by atoms with Crippen LogP contribution in [0.15, 0.2) is 0 Å². The number of rotatable bonds is 12. The first-order valence-corrected chi connectivity index (χ1v) is 8.09. The fourth-order valence-electron chi connectivity index (χ4n) is 2.64. The van der Waals surface area contributed by atoms with Crippen molar-refractivity contribution in [2.75, 3.05) is 26.2 Å². The fourth-order valence-corrected chi connectivity index (χ4v) is 2.64. The van der Waals surface area contributed by atoms with Gasteiger partial charge in [0.2, 0.25) is 0 Å². The third-order valence-electron chi connectivity index (χ3n) is 3.94. The summed E-state index contributed by atoms with van der Waals surface area (Å²) < 4.78 is 1.42. The van der Waals surface area contributed by atoms with Crippen molar-refractivity contribution in [2.45, 2.75) is 79.1 Å². The number of nitrogens with zero attached hydrogens (tertiary/aromatic N) is 1. The van der Waals surface area contributed by atoms with Gasteiger partial charge in [-0.15, -0.1) is 0 Å². The topological polar surface area (TPSA) is 30.0 Å². The van der Waals surface area contributed by atoms with E-state index in [-0.39, 0.29) is 56.9 Å². The van der Waals surface area contributed by atoms with Crippen LogP contribution in [0.5, 0.6) is 0 Å². The van der Waals surface area contributed by atoms with Crippen molar-refractivity contribution in [1.29, 1.82) is 0 Å². The molecule has 19 heavy (non-hydrogen) atoms. The van der Waals surface area contributed by atoms with Crippen LogP contribution in [-0.4, -0.2) is 87.5 Å². The second-order valence-corrected chi connectivity index (χ2v) is 5.65. The summed E-state index contributed by atoms with van der Waals surface area (Å²) in [5, 5.41) is 0. The molecule has 3 heteroatoms. The average molecular weight is 299 g/mol. The van der Waals surface area contributed by atoms with Crippen molar-refractivity contribution in [1.82, 2.24) is 0 Å². The molecule has 0 heterocycles. The van der Waals surface area contributed by atoms with E-state index in [2.05, 4.69) is 27.7 Å². The Bertz CT molecular complexity index is 127. The van der Waals surface area contributed by atoms with Gasteiger partial charge >= 0.3 is 0 Å². The molecule has 1 radical (unpaired) electrons. The third kappa shape index (κ3) is 13.0. The van der Waals surface area contributed by atoms with E-state index in [1.54, 1.807) is 0 Å². The Kier molecular flexibility index (Phi) is 23.6. The summed E-state index contributed by atoms with van der Waals surface area (Å²) in [5.74, 6) is 0. The van der Waals surface area contributed by atoms with Gasteiger partial charge in [-0.2, -0.15) is 0 Å². The van der Waals surface area contributed by atoms with E-state index >= 15 is 0 Å². The minimum absolute atomic E-state index is 0. The Balaban J connectivity index is -0.00000128. The molecule has 0 fully saturated rings. The number of quaternary nitrogens is 1. The zero-order valence-electron chi connectivity index (χ0n) is 14.4. The molecule has 0 unspecified atom stereocenters. The van der Waals surface area contributed by atoms with Gasteiger partial charge in [-0.1, -0.05) is 53.4 Å². The van der Waals surface area contributed by atoms with Crippen LogP contribution in [0.2, 0.25) is 0 Å². The molecule has 0 aliphatic carbocycles. The van der Waals surface area contributed by atoms with Gasteiger partial charge in [-0.25, -0.2) is 0 Å². The molecule has 0 aliphatic rings. The standard InChI is InChI=1S/C16H36N.K.H2O/c1-5-9-13-17(14-10-6-2,15-11-7-3)16-12-8-4;;/h5-16H2,1-4H3;;1H2/q+1;;/p-1. The molecule has 0 aromatic rings. The maximum atomic E-state index is 2.33. The average Bonchev–Trinajstić information content (AvgIpc) is 2.37. The predicted molar refractivity (Wildman–Crippen MR) is 87.1 cm³/mol. The minimum Gasteiger partial charge on any atom is -0.870 e. The van der Waals surface area contributed by atoms with Crippen molar-refractivity contribution >= 4 is 51.4 Å². The Hall–Kier alpha value is 1.56. The molecule has 0 rings (SSSR count). The zero-order valence-corrected chi connectivity index (χ0v) is 17.5. The van der Waals surface area contributed by atoms with E-state index in [1.165, 1.54) is 82.0 Å². The quantitative estimate of drug-likeness (QED) is 0.387. The molecule has 0 amide bonds. The van der Waals surface area contributed by atoms with Gasteiger partial charge in [0.15, 0.2) is 0 Å². The monoisotopic (exact) mass is 298 g/mol. The Morgan fingerprint density at radius 1 is 0.526 bits per heavy atom. The fraction of sp³-hybridized carbons (Fsp3) is 1.00. The van der Waals surface area contributed by atoms with Crippen LogP contribution in [-0.2, 0) is 0 Å². The van der Waals surface area contributed by atoms with Crippen molar-refractivity contribution in [2.24, 2.45) is 0 Å². The normalized spacial score (nSPS) is 10.7. The van der Waals surface area contributed by atoms with Gasteiger partial charge in [-0.05, 0) is 25.7 Å². The van der Waals surface area contributed by atoms with Crippen LogP contribution in [0.25, 0.3) is 0 Å². The smallest absolute Gasteiger partial charge is 0.0786 e. The summed E-state index contributed by atoms with van der Waals surface area (Å²) in [5.41, 5.74) is 0. The first kappa shape index (κ1) is 25.5. The molecule has 0 aliphatic heterocycles. The minimum atomic E-state index is 0. The van der Waals surface area contributed by atoms with Crippen molar-refractivity contribution in [3.05, 3.63) is 0 Å². The number of hydrogen-bond donors (Lipinski definition) is 0. The molecule has 113 valence electrons. The summed E-state index contributed by atoms with van der Waals surface area (Å²) in [6, 6.07) is 0. The van der Waals surface area contributed by atoms with E-state index in [9.17, 15) is 0 Å². The van der Waals surface area contributed by atoms with Gasteiger partial charge < -0.3 is 9.96 Å². The molecular weight excluding hydrogens is 261 g/mol. The maximum Gasteiger partial charge on any atom is 0.0786 e. The van der Waals surface area contributed by atoms with Crippen LogP contribution in [0, 0.1) is 0 Å². The molecular formula is C16H37KNO. The molecule has 0 saturated carbocycles. The molecule has 0 atom stereocenters. The SMILES string of the molecule is CCCC[N+](CCCC)(CCCC)CCCC.[K].[OH-]. The van der Waals surface area contributed by atoms with Crippen molar-refractivity contribution < 1.29 is 9.96 Å². The Morgan fingerprint density at radius 3 is 0.895 bits per heavy atom. The van der Waals surface area contributed by atoms with Crippen LogP contribution in [0.1, 0.15) is 79.1 Å². The summed E-state index contributed by atoms with van der Waals surface area (Å²) in [4.78, 5) is 0. The van der Waals surface area contributed by atoms with Crippen LogP contribution in [0.3, 0.4) is 0 Å². The van der Waals surface area contributed by atoms with E-state index in [0.29, 0.717) is 0 Å². The molecule has 2 nitrogen and oxygen atoms in total. The molecule has 0 saturated heterocycles. The number of hydrogen-bond acceptors (Lipinski definition) is 1. The van der Waals surface area contributed by atoms with Crippen LogP contribution in [0.4, 0.5) is 0 Å². The second kappa shape index (κ2) is 17.6. The van der Waals surface area contributed by atoms with Gasteiger partial charge in [0.1, 0.15) is 0 Å². The first-order valence-electron chi connectivity index (χ1n) is 8.09. The first-order chi connectivity index (χ1) is 8.24. The van der Waals surface area contributed by atoms with Gasteiger partial charge in [0, 0.05) is 51.4 Å². The molecule has 1 N–H and O–H groups in total. The largest absolute Gasteiger partial charge is 0.870 e. The van der Waals surface area contributed by atoms with Gasteiger partial charge in [0.25, 0.3) is 0 Å². The van der Waals surface area contributed by atoms with Gasteiger partial charge in [-0.3, -0.25) is 0 Å². The molecule has 0 bridgehead atoms. The van der Waals surface area contributed by atoms with E-state index in [1.807, 2.05) is 0 Å². The third-order valence-corrected chi connectivity index (χ3v) is 3.94. The second-order valence-electron chi connectivity index (χ2n) is 5.65. The van der Waals surface area contributed by atoms with E-state index < -0.39 is 0 Å². The molecule has 0 aromatic heterocycles. The van der Waals surface area contributed by atoms with Crippen LogP contribution >= 0.6 is 0 Å². The van der Waals surface area contributed by atoms with Crippen LogP contribution < -0.4 is 0 Å². The summed E-state index contributed by atoms with van der Waals surface area (Å²) >= 11 is 0. The van der Waals surface area contributed by atoms with Gasteiger partial charge in [0.05, 0.1) is 26.2 Å². The Morgan fingerprint density at radius 2 is 0.737 bits per heavy atom. The summed E-state index contributed by atoms with van der Waals surface area (Å²) in [6.07, 6.45) is 11.1. The summed E-state index contributed by atoms with van der Waals surface area (Å²) in [6.45, 7) is 15.0. The van der Waals surface area contributed by atoms with Crippen molar-refractivity contribution in [3.63, 3.8) is 0 Å². The predicted octanol–water partition coefficient (Wildman–Crippen LogP) is 4.45. The van der Waals surface area contributed by atoms with Crippen molar-refractivity contribution in [3.8, 4) is 0 Å². The Labute approximate surface area is 165 Å². The maximum absolute atomic E-state index is 2.33.